The molecular formula is C14H12BrF2NO. The minimum Gasteiger partial charge on any atom is -0.326 e. The molecule has 5 heteroatoms. The van der Waals surface area contributed by atoms with Crippen LogP contribution >= 0.6 is 15.9 Å². The van der Waals surface area contributed by atoms with Crippen molar-refractivity contribution in [3.63, 3.8) is 0 Å². The lowest BCUT2D eigenvalue weighted by Crippen LogP contribution is -2.05. The van der Waals surface area contributed by atoms with E-state index in [0.717, 1.165) is 11.1 Å². The third-order valence-electron chi connectivity index (χ3n) is 2.15. The molecule has 0 spiro atoms. The summed E-state index contributed by atoms with van der Waals surface area (Å²) in [4.78, 5) is 11.4. The Labute approximate surface area is 118 Å². The van der Waals surface area contributed by atoms with Crippen molar-refractivity contribution in [2.45, 2.75) is 6.92 Å². The van der Waals surface area contributed by atoms with Crippen molar-refractivity contribution in [1.29, 1.82) is 0 Å². The standard InChI is InChI=1S/C12H11NO.C2HBrF2/c1-9(14)13-12-7-6-10-4-2-3-5-11(10)8-12;3-1-2(4)5/h2-8H,1H3,(H,13,14);1H. The first-order chi connectivity index (χ1) is 9.02. The largest absolute Gasteiger partial charge is 0.326 e. The van der Waals surface area contributed by atoms with E-state index in [0.29, 0.717) is 4.99 Å². The Morgan fingerprint density at radius 3 is 2.26 bits per heavy atom. The Morgan fingerprint density at radius 2 is 1.74 bits per heavy atom. The van der Waals surface area contributed by atoms with E-state index in [1.165, 1.54) is 12.3 Å². The molecule has 0 aliphatic rings. The lowest BCUT2D eigenvalue weighted by atomic mass is 10.1. The van der Waals surface area contributed by atoms with Gasteiger partial charge in [0.05, 0.1) is 0 Å². The summed E-state index contributed by atoms with van der Waals surface area (Å²) in [5, 5.41) is 5.08. The topological polar surface area (TPSA) is 29.1 Å². The smallest absolute Gasteiger partial charge is 0.277 e. The highest BCUT2D eigenvalue weighted by molar-refractivity contribution is 9.11. The first-order valence-electron chi connectivity index (χ1n) is 5.40. The number of hydrogen-bond acceptors (Lipinski definition) is 1. The van der Waals surface area contributed by atoms with Crippen LogP contribution in [-0.2, 0) is 4.79 Å². The first kappa shape index (κ1) is 15.3. The molecule has 2 aromatic carbocycles. The molecule has 2 aromatic rings. The van der Waals surface area contributed by atoms with Gasteiger partial charge in [0.25, 0.3) is 6.08 Å². The van der Waals surface area contributed by atoms with Gasteiger partial charge in [-0.2, -0.15) is 8.78 Å². The van der Waals surface area contributed by atoms with Crippen molar-refractivity contribution in [2.75, 3.05) is 5.32 Å². The maximum atomic E-state index is 10.8. The minimum absolute atomic E-state index is 0.0414. The molecule has 0 aromatic heterocycles. The number of rotatable bonds is 1. The Balaban J connectivity index is 0.000000312. The fraction of sp³-hybridized carbons (Fsp3) is 0.0714. The van der Waals surface area contributed by atoms with Gasteiger partial charge >= 0.3 is 0 Å². The summed E-state index contributed by atoms with van der Waals surface area (Å²) in [6.07, 6.45) is -1.70. The Morgan fingerprint density at radius 1 is 1.16 bits per heavy atom. The van der Waals surface area contributed by atoms with E-state index >= 15 is 0 Å². The highest BCUT2D eigenvalue weighted by atomic mass is 79.9. The van der Waals surface area contributed by atoms with Crippen molar-refractivity contribution >= 4 is 38.3 Å². The lowest BCUT2D eigenvalue weighted by molar-refractivity contribution is -0.114. The predicted octanol–water partition coefficient (Wildman–Crippen LogP) is 4.92. The van der Waals surface area contributed by atoms with E-state index in [4.69, 9.17) is 0 Å². The van der Waals surface area contributed by atoms with E-state index in [9.17, 15) is 13.6 Å². The van der Waals surface area contributed by atoms with Gasteiger partial charge in [0, 0.05) is 17.6 Å². The maximum absolute atomic E-state index is 10.8. The summed E-state index contributed by atoms with van der Waals surface area (Å²) in [6, 6.07) is 13.9. The van der Waals surface area contributed by atoms with Gasteiger partial charge in [0.2, 0.25) is 5.91 Å². The minimum atomic E-state index is -1.70. The zero-order valence-electron chi connectivity index (χ0n) is 10.2. The van der Waals surface area contributed by atoms with Crippen molar-refractivity contribution in [3.05, 3.63) is 53.5 Å². The molecule has 1 N–H and O–H groups in total. The van der Waals surface area contributed by atoms with Gasteiger partial charge < -0.3 is 5.32 Å². The van der Waals surface area contributed by atoms with E-state index in [1.54, 1.807) is 0 Å². The van der Waals surface area contributed by atoms with E-state index in [1.807, 2.05) is 42.5 Å². The van der Waals surface area contributed by atoms with Gasteiger partial charge in [-0.05, 0) is 22.9 Å². The summed E-state index contributed by atoms with van der Waals surface area (Å²) >= 11 is 2.40. The highest BCUT2D eigenvalue weighted by Gasteiger charge is 1.96. The van der Waals surface area contributed by atoms with Crippen LogP contribution in [0.25, 0.3) is 10.8 Å². The predicted molar refractivity (Wildman–Crippen MR) is 77.5 cm³/mol. The number of nitrogens with one attached hydrogen (secondary N) is 1. The van der Waals surface area contributed by atoms with Crippen LogP contribution in [-0.4, -0.2) is 5.91 Å². The lowest BCUT2D eigenvalue weighted by Gasteiger charge is -2.03. The van der Waals surface area contributed by atoms with Gasteiger partial charge in [-0.3, -0.25) is 4.79 Å². The van der Waals surface area contributed by atoms with Gasteiger partial charge in [0.15, 0.2) is 0 Å². The number of halogens is 3. The van der Waals surface area contributed by atoms with Crippen molar-refractivity contribution in [3.8, 4) is 0 Å². The highest BCUT2D eigenvalue weighted by Crippen LogP contribution is 2.18. The number of anilines is 1. The molecule has 0 radical (unpaired) electrons. The molecule has 0 aliphatic carbocycles. The normalized spacial score (nSPS) is 9.26. The average molecular weight is 328 g/mol. The molecule has 0 bridgehead atoms. The molecular weight excluding hydrogens is 316 g/mol. The maximum Gasteiger partial charge on any atom is 0.277 e. The van der Waals surface area contributed by atoms with Gasteiger partial charge in [-0.15, -0.1) is 0 Å². The number of hydrogen-bond donors (Lipinski definition) is 1. The molecule has 1 amide bonds. The second kappa shape index (κ2) is 7.63. The quantitative estimate of drug-likeness (QED) is 0.791. The number of fused-ring (bicyclic) bond motifs is 1. The van der Waals surface area contributed by atoms with Gasteiger partial charge in [0.1, 0.15) is 0 Å². The summed E-state index contributed by atoms with van der Waals surface area (Å²) in [7, 11) is 0. The van der Waals surface area contributed by atoms with Crippen LogP contribution in [0.5, 0.6) is 0 Å². The fourth-order valence-electron chi connectivity index (χ4n) is 1.47. The Hall–Kier alpha value is -1.75. The van der Waals surface area contributed by atoms with Crippen LogP contribution in [0.15, 0.2) is 53.5 Å². The van der Waals surface area contributed by atoms with E-state index in [2.05, 4.69) is 21.2 Å². The third kappa shape index (κ3) is 5.61. The summed E-state index contributed by atoms with van der Waals surface area (Å²) in [6.45, 7) is 1.51. The molecule has 0 fully saturated rings. The number of amides is 1. The molecule has 0 heterocycles. The molecule has 2 nitrogen and oxygen atoms in total. The van der Waals surface area contributed by atoms with Crippen LogP contribution in [0.3, 0.4) is 0 Å². The van der Waals surface area contributed by atoms with Crippen LogP contribution in [0.1, 0.15) is 6.92 Å². The van der Waals surface area contributed by atoms with Crippen LogP contribution in [0.2, 0.25) is 0 Å². The second-order valence-corrected chi connectivity index (χ2v) is 4.10. The summed E-state index contributed by atoms with van der Waals surface area (Å²) < 4.78 is 21.2. The Kier molecular flexibility index (Phi) is 6.15. The van der Waals surface area contributed by atoms with Crippen molar-refractivity contribution < 1.29 is 13.6 Å². The molecule has 100 valence electrons. The number of carbonyl (C=O) groups is 1. The first-order valence-corrected chi connectivity index (χ1v) is 6.32. The molecule has 0 unspecified atom stereocenters. The summed E-state index contributed by atoms with van der Waals surface area (Å²) in [5.74, 6) is -0.0414. The number of benzene rings is 2. The molecule has 0 saturated carbocycles. The van der Waals surface area contributed by atoms with Gasteiger partial charge in [-0.1, -0.05) is 46.3 Å². The molecule has 2 rings (SSSR count). The van der Waals surface area contributed by atoms with Crippen molar-refractivity contribution in [1.82, 2.24) is 0 Å². The monoisotopic (exact) mass is 327 g/mol. The zero-order chi connectivity index (χ0) is 14.3. The number of carbonyl (C=O) groups excluding carboxylic acids is 1. The van der Waals surface area contributed by atoms with Gasteiger partial charge in [-0.25, -0.2) is 0 Å². The third-order valence-corrected chi connectivity index (χ3v) is 2.50. The van der Waals surface area contributed by atoms with Crippen LogP contribution in [0.4, 0.5) is 14.5 Å². The Bertz CT molecular complexity index is 595. The SMILES string of the molecule is CC(=O)Nc1ccc2ccccc2c1.FC(F)=CBr. The van der Waals surface area contributed by atoms with Crippen molar-refractivity contribution in [2.24, 2.45) is 0 Å². The molecule has 19 heavy (non-hydrogen) atoms. The van der Waals surface area contributed by atoms with Crippen LogP contribution < -0.4 is 5.32 Å². The molecule has 0 atom stereocenters. The second-order valence-electron chi connectivity index (χ2n) is 3.64. The van der Waals surface area contributed by atoms with E-state index < -0.39 is 6.08 Å². The summed E-state index contributed by atoms with van der Waals surface area (Å²) in [5.41, 5.74) is 0.844. The fourth-order valence-corrected chi connectivity index (χ4v) is 1.47. The average Bonchev–Trinajstić information content (AvgIpc) is 2.38. The molecule has 0 saturated heterocycles. The molecule has 0 aliphatic heterocycles. The van der Waals surface area contributed by atoms with Crippen LogP contribution in [0, 0.1) is 0 Å². The van der Waals surface area contributed by atoms with E-state index in [-0.39, 0.29) is 5.91 Å². The zero-order valence-corrected chi connectivity index (χ0v) is 11.7.